The zero-order valence-corrected chi connectivity index (χ0v) is 23.4. The summed E-state index contributed by atoms with van der Waals surface area (Å²) in [5.41, 5.74) is 4.16. The number of carbonyl (C=O) groups excluding carboxylic acids is 1. The molecule has 1 atom stereocenters. The first-order valence-electron chi connectivity index (χ1n) is 13.0. The van der Waals surface area contributed by atoms with Gasteiger partial charge in [-0.2, -0.15) is 5.10 Å². The minimum Gasteiger partial charge on any atom is -0.493 e. The number of methoxy groups -OCH3 is 1. The lowest BCUT2D eigenvalue weighted by molar-refractivity contribution is -0.127. The third-order valence-electron chi connectivity index (χ3n) is 6.38. The number of halogens is 1. The number of hydrogen-bond donors (Lipinski definition) is 3. The number of fused-ring (bicyclic) bond motifs is 1. The lowest BCUT2D eigenvalue weighted by Crippen LogP contribution is -2.38. The van der Waals surface area contributed by atoms with Crippen molar-refractivity contribution in [3.63, 3.8) is 0 Å². The van der Waals surface area contributed by atoms with Gasteiger partial charge in [-0.05, 0) is 49.6 Å². The fourth-order valence-corrected chi connectivity index (χ4v) is 3.83. The molecular weight excluding hydrogens is 503 g/mol. The Morgan fingerprint density at radius 3 is 2.67 bits per heavy atom. The quantitative estimate of drug-likeness (QED) is 0.218. The highest BCUT2D eigenvalue weighted by Crippen LogP contribution is 2.39. The van der Waals surface area contributed by atoms with Gasteiger partial charge in [-0.15, -0.1) is 0 Å². The van der Waals surface area contributed by atoms with Crippen LogP contribution in [0.25, 0.3) is 5.57 Å². The molecule has 0 spiro atoms. The van der Waals surface area contributed by atoms with Crippen LogP contribution in [0, 0.1) is 11.7 Å². The van der Waals surface area contributed by atoms with Crippen LogP contribution >= 0.6 is 0 Å². The molecule has 0 saturated carbocycles. The largest absolute Gasteiger partial charge is 0.493 e. The van der Waals surface area contributed by atoms with Crippen molar-refractivity contribution in [2.75, 3.05) is 45.5 Å². The molecule has 1 amide bonds. The Morgan fingerprint density at radius 2 is 1.95 bits per heavy atom. The Morgan fingerprint density at radius 1 is 1.21 bits per heavy atom. The lowest BCUT2D eigenvalue weighted by Gasteiger charge is -2.17. The first kappa shape index (κ1) is 29.9. The number of allylic oxidation sites excluding steroid dienone is 4. The van der Waals surface area contributed by atoms with Gasteiger partial charge in [0.05, 0.1) is 32.6 Å². The summed E-state index contributed by atoms with van der Waals surface area (Å²) < 4.78 is 35.8. The number of aromatic nitrogens is 2. The molecule has 1 aromatic carbocycles. The molecule has 0 fully saturated rings. The van der Waals surface area contributed by atoms with E-state index in [0.29, 0.717) is 61.8 Å². The van der Waals surface area contributed by atoms with Crippen LogP contribution in [0.4, 0.5) is 15.9 Å². The minimum atomic E-state index is -0.322. The van der Waals surface area contributed by atoms with Crippen LogP contribution in [0.3, 0.4) is 0 Å². The number of carbonyl (C=O) groups is 1. The number of nitrogens with one attached hydrogen (secondary N) is 3. The monoisotopic (exact) mass is 542 g/mol. The number of ether oxygens (including phenoxy) is 4. The number of amides is 1. The fraction of sp³-hybridized carbons (Fsp3) is 0.448. The van der Waals surface area contributed by atoms with Gasteiger partial charge in [-0.25, -0.2) is 4.39 Å². The van der Waals surface area contributed by atoms with E-state index in [1.807, 2.05) is 19.9 Å². The van der Waals surface area contributed by atoms with E-state index in [1.54, 1.807) is 19.2 Å². The summed E-state index contributed by atoms with van der Waals surface area (Å²) in [6.45, 7) is 13.5. The molecule has 0 saturated heterocycles. The molecule has 2 aromatic rings. The zero-order chi connectivity index (χ0) is 28.4. The van der Waals surface area contributed by atoms with Crippen LogP contribution in [0.2, 0.25) is 0 Å². The van der Waals surface area contributed by atoms with Gasteiger partial charge in [0.25, 0.3) is 0 Å². The topological polar surface area (TPSA) is 107 Å². The number of aromatic amines is 1. The molecule has 10 heteroatoms. The van der Waals surface area contributed by atoms with E-state index in [4.69, 9.17) is 18.9 Å². The van der Waals surface area contributed by atoms with Crippen molar-refractivity contribution in [1.82, 2.24) is 15.5 Å². The Labute approximate surface area is 229 Å². The van der Waals surface area contributed by atoms with Gasteiger partial charge in [0, 0.05) is 29.3 Å². The summed E-state index contributed by atoms with van der Waals surface area (Å²) in [7, 11) is 1.58. The average molecular weight is 543 g/mol. The molecule has 0 unspecified atom stereocenters. The van der Waals surface area contributed by atoms with Crippen molar-refractivity contribution in [3.8, 4) is 0 Å². The van der Waals surface area contributed by atoms with Gasteiger partial charge in [0.15, 0.2) is 11.6 Å². The summed E-state index contributed by atoms with van der Waals surface area (Å²) in [5, 5.41) is 13.5. The molecule has 39 heavy (non-hydrogen) atoms. The predicted molar refractivity (Wildman–Crippen MR) is 149 cm³/mol. The molecule has 3 N–H and O–H groups in total. The fourth-order valence-electron chi connectivity index (χ4n) is 3.83. The molecule has 1 aliphatic carbocycles. The van der Waals surface area contributed by atoms with Crippen LogP contribution in [-0.2, 0) is 30.2 Å². The van der Waals surface area contributed by atoms with Crippen LogP contribution in [0.1, 0.15) is 39.0 Å². The second-order valence-corrected chi connectivity index (χ2v) is 9.64. The van der Waals surface area contributed by atoms with Crippen molar-refractivity contribution in [2.45, 2.75) is 40.2 Å². The minimum absolute atomic E-state index is 0.0103. The van der Waals surface area contributed by atoms with Crippen LogP contribution in [0.5, 0.6) is 0 Å². The van der Waals surface area contributed by atoms with Gasteiger partial charge in [0.1, 0.15) is 24.8 Å². The van der Waals surface area contributed by atoms with E-state index in [9.17, 15) is 9.18 Å². The van der Waals surface area contributed by atoms with E-state index in [-0.39, 0.29) is 24.4 Å². The first-order valence-corrected chi connectivity index (χ1v) is 13.0. The highest BCUT2D eigenvalue weighted by molar-refractivity contribution is 5.87. The second-order valence-electron chi connectivity index (χ2n) is 9.64. The normalized spacial score (nSPS) is 15.3. The lowest BCUT2D eigenvalue weighted by atomic mass is 10.1. The number of rotatable bonds is 15. The van der Waals surface area contributed by atoms with E-state index in [1.165, 1.54) is 12.1 Å². The second kappa shape index (κ2) is 14.5. The summed E-state index contributed by atoms with van der Waals surface area (Å²) in [6, 6.07) is 6.33. The standard InChI is InChI=1S/C29H39FN4O5/c1-18(2)20(4)31-27(35)17-38-11-10-37-12-13-39-21(5)26(36-6)16-24-19(3)14-25-28(24)33-34-29(25)32-23-9-7-8-22(30)15-23/h7-9,15-16,18,20H,3,10-14,17H2,1-2,4-6H3,(H,31,35)(H2,32,33,34)/b24-16+,26-21-/t20-/m0/s1. The SMILES string of the molecule is C=C1Cc2c(Nc3cccc(F)c3)n[nH]c2/C1=C/C(OC)=C(\C)OCCOCCOCC(=O)N[C@@H](C)C(C)C. The molecule has 0 aliphatic heterocycles. The van der Waals surface area contributed by atoms with Gasteiger partial charge < -0.3 is 29.6 Å². The molecular formula is C29H39FN4O5. The number of anilines is 2. The van der Waals surface area contributed by atoms with Crippen LogP contribution in [0.15, 0.2) is 54.0 Å². The molecule has 9 nitrogen and oxygen atoms in total. The zero-order valence-electron chi connectivity index (χ0n) is 23.4. The third kappa shape index (κ3) is 8.69. The van der Waals surface area contributed by atoms with Gasteiger partial charge in [-0.3, -0.25) is 9.89 Å². The summed E-state index contributed by atoms with van der Waals surface area (Å²) in [4.78, 5) is 11.8. The molecule has 0 bridgehead atoms. The highest BCUT2D eigenvalue weighted by atomic mass is 19.1. The van der Waals surface area contributed by atoms with Crippen molar-refractivity contribution >= 4 is 23.0 Å². The molecule has 1 aromatic heterocycles. The van der Waals surface area contributed by atoms with E-state index in [0.717, 1.165) is 22.4 Å². The third-order valence-corrected chi connectivity index (χ3v) is 6.38. The van der Waals surface area contributed by atoms with E-state index in [2.05, 4.69) is 41.3 Å². The predicted octanol–water partition coefficient (Wildman–Crippen LogP) is 4.88. The first-order chi connectivity index (χ1) is 18.7. The summed E-state index contributed by atoms with van der Waals surface area (Å²) in [6.07, 6.45) is 2.47. The van der Waals surface area contributed by atoms with E-state index >= 15 is 0 Å². The Hall–Kier alpha value is -3.63. The number of hydrogen-bond acceptors (Lipinski definition) is 7. The summed E-state index contributed by atoms with van der Waals surface area (Å²) >= 11 is 0. The highest BCUT2D eigenvalue weighted by Gasteiger charge is 2.27. The Kier molecular flexibility index (Phi) is 11.1. The van der Waals surface area contributed by atoms with E-state index < -0.39 is 0 Å². The number of nitrogens with zero attached hydrogens (tertiary/aromatic N) is 1. The summed E-state index contributed by atoms with van der Waals surface area (Å²) in [5.74, 6) is 1.69. The molecule has 0 radical (unpaired) electrons. The molecule has 212 valence electrons. The van der Waals surface area contributed by atoms with Gasteiger partial charge in [-0.1, -0.05) is 26.5 Å². The van der Waals surface area contributed by atoms with Crippen molar-refractivity contribution in [3.05, 3.63) is 71.1 Å². The number of H-pyrrole nitrogens is 1. The smallest absolute Gasteiger partial charge is 0.246 e. The Bertz CT molecular complexity index is 1200. The van der Waals surface area contributed by atoms with Gasteiger partial charge >= 0.3 is 0 Å². The molecule has 1 heterocycles. The van der Waals surface area contributed by atoms with Crippen LogP contribution < -0.4 is 10.6 Å². The number of benzene rings is 1. The maximum absolute atomic E-state index is 13.6. The molecule has 1 aliphatic rings. The van der Waals surface area contributed by atoms with Crippen molar-refractivity contribution < 1.29 is 28.1 Å². The van der Waals surface area contributed by atoms with Crippen molar-refractivity contribution in [1.29, 1.82) is 0 Å². The van der Waals surface area contributed by atoms with Crippen molar-refractivity contribution in [2.24, 2.45) is 5.92 Å². The maximum atomic E-state index is 13.6. The molecule has 3 rings (SSSR count). The average Bonchev–Trinajstić information content (AvgIpc) is 3.41. The Balaban J connectivity index is 1.47. The maximum Gasteiger partial charge on any atom is 0.246 e. The van der Waals surface area contributed by atoms with Crippen LogP contribution in [-0.4, -0.2) is 62.3 Å². The van der Waals surface area contributed by atoms with Gasteiger partial charge in [0.2, 0.25) is 5.91 Å².